The first-order valence-electron chi connectivity index (χ1n) is 6.46. The molecule has 0 aliphatic rings. The lowest BCUT2D eigenvalue weighted by atomic mass is 10.0. The van der Waals surface area contributed by atoms with Crippen LogP contribution in [0, 0.1) is 6.92 Å². The fourth-order valence-corrected chi connectivity index (χ4v) is 2.49. The molecule has 4 rings (SSSR count). The Morgan fingerprint density at radius 3 is 3.00 bits per heavy atom. The Kier molecular flexibility index (Phi) is 2.29. The highest BCUT2D eigenvalue weighted by atomic mass is 14.8. The van der Waals surface area contributed by atoms with Crippen LogP contribution in [0.2, 0.25) is 0 Å². The number of rotatable bonds is 1. The van der Waals surface area contributed by atoms with E-state index in [0.717, 1.165) is 38.8 Å². The predicted octanol–water partition coefficient (Wildman–Crippen LogP) is 3.48. The van der Waals surface area contributed by atoms with Crippen LogP contribution in [0.1, 0.15) is 5.69 Å². The molecule has 20 heavy (non-hydrogen) atoms. The molecule has 0 aliphatic carbocycles. The molecule has 4 heteroatoms. The van der Waals surface area contributed by atoms with E-state index in [1.807, 2.05) is 31.5 Å². The quantitative estimate of drug-likeness (QED) is 0.570. The molecule has 3 aromatic heterocycles. The van der Waals surface area contributed by atoms with Gasteiger partial charge in [0.2, 0.25) is 0 Å². The zero-order valence-electron chi connectivity index (χ0n) is 11.0. The van der Waals surface area contributed by atoms with E-state index in [1.54, 1.807) is 6.33 Å². The third kappa shape index (κ3) is 1.66. The number of pyridine rings is 1. The minimum atomic E-state index is 0.921. The van der Waals surface area contributed by atoms with Crippen LogP contribution in [0.5, 0.6) is 0 Å². The molecule has 96 valence electrons. The summed E-state index contributed by atoms with van der Waals surface area (Å²) in [5.41, 5.74) is 5.18. The van der Waals surface area contributed by atoms with Crippen molar-refractivity contribution in [2.45, 2.75) is 6.92 Å². The molecule has 0 aliphatic heterocycles. The first kappa shape index (κ1) is 11.1. The van der Waals surface area contributed by atoms with Gasteiger partial charge in [-0.05, 0) is 36.8 Å². The lowest BCUT2D eigenvalue weighted by Gasteiger charge is -2.02. The maximum Gasteiger partial charge on any atom is 0.138 e. The number of hydrogen-bond donors (Lipinski definition) is 1. The number of aryl methyl sites for hydroxylation is 1. The van der Waals surface area contributed by atoms with Crippen molar-refractivity contribution >= 4 is 21.9 Å². The zero-order chi connectivity index (χ0) is 13.5. The Balaban J connectivity index is 1.96. The van der Waals surface area contributed by atoms with Gasteiger partial charge in [-0.2, -0.15) is 0 Å². The summed E-state index contributed by atoms with van der Waals surface area (Å²) in [5.74, 6) is 0. The minimum absolute atomic E-state index is 0.921. The van der Waals surface area contributed by atoms with Gasteiger partial charge < -0.3 is 4.98 Å². The molecular weight excluding hydrogens is 248 g/mol. The second-order valence-corrected chi connectivity index (χ2v) is 4.85. The summed E-state index contributed by atoms with van der Waals surface area (Å²) in [6.07, 6.45) is 5.41. The Labute approximate surface area is 115 Å². The molecule has 0 saturated carbocycles. The van der Waals surface area contributed by atoms with Crippen molar-refractivity contribution in [3.8, 4) is 11.1 Å². The van der Waals surface area contributed by atoms with Gasteiger partial charge in [-0.25, -0.2) is 15.0 Å². The smallest absolute Gasteiger partial charge is 0.138 e. The molecule has 0 fully saturated rings. The van der Waals surface area contributed by atoms with Crippen LogP contribution in [-0.4, -0.2) is 19.9 Å². The summed E-state index contributed by atoms with van der Waals surface area (Å²) in [4.78, 5) is 16.1. The Morgan fingerprint density at radius 2 is 2.05 bits per heavy atom. The van der Waals surface area contributed by atoms with Crippen molar-refractivity contribution in [2.24, 2.45) is 0 Å². The molecular formula is C16H12N4. The Morgan fingerprint density at radius 1 is 1.10 bits per heavy atom. The van der Waals surface area contributed by atoms with Crippen molar-refractivity contribution in [2.75, 3.05) is 0 Å². The average molecular weight is 260 g/mol. The third-order valence-electron chi connectivity index (χ3n) is 3.49. The van der Waals surface area contributed by atoms with E-state index in [2.05, 4.69) is 38.1 Å². The Bertz CT molecular complexity index is 924. The zero-order valence-corrected chi connectivity index (χ0v) is 11.0. The first-order chi connectivity index (χ1) is 9.81. The van der Waals surface area contributed by atoms with Gasteiger partial charge in [-0.1, -0.05) is 6.07 Å². The topological polar surface area (TPSA) is 54.5 Å². The van der Waals surface area contributed by atoms with Crippen molar-refractivity contribution in [1.82, 2.24) is 19.9 Å². The van der Waals surface area contributed by atoms with Crippen LogP contribution in [0.15, 0.2) is 49.1 Å². The maximum absolute atomic E-state index is 4.50. The predicted molar refractivity (Wildman–Crippen MR) is 79.4 cm³/mol. The van der Waals surface area contributed by atoms with Crippen LogP contribution in [-0.2, 0) is 0 Å². The van der Waals surface area contributed by atoms with Crippen LogP contribution in [0.3, 0.4) is 0 Å². The number of nitrogens with zero attached hydrogens (tertiary/aromatic N) is 3. The molecule has 4 aromatic rings. The molecule has 0 bridgehead atoms. The van der Waals surface area contributed by atoms with E-state index in [0.29, 0.717) is 0 Å². The number of hydrogen-bond acceptors (Lipinski definition) is 3. The number of aromatic nitrogens is 4. The number of aromatic amines is 1. The standard InChI is InChI=1S/C16H12N4/c1-10-2-4-13-14(8-18-16(13)20-10)11-3-5-15-12(6-11)7-17-9-19-15/h2-9H,1H3,(H,18,20). The van der Waals surface area contributed by atoms with Gasteiger partial charge in [0, 0.05) is 34.4 Å². The van der Waals surface area contributed by atoms with Crippen LogP contribution < -0.4 is 0 Å². The van der Waals surface area contributed by atoms with E-state index in [-0.39, 0.29) is 0 Å². The minimum Gasteiger partial charge on any atom is -0.346 e. The van der Waals surface area contributed by atoms with E-state index >= 15 is 0 Å². The van der Waals surface area contributed by atoms with Crippen LogP contribution >= 0.6 is 0 Å². The van der Waals surface area contributed by atoms with Crippen molar-refractivity contribution < 1.29 is 0 Å². The monoisotopic (exact) mass is 260 g/mol. The van der Waals surface area contributed by atoms with E-state index in [9.17, 15) is 0 Å². The number of H-pyrrole nitrogens is 1. The number of nitrogens with one attached hydrogen (secondary N) is 1. The van der Waals surface area contributed by atoms with E-state index < -0.39 is 0 Å². The summed E-state index contributed by atoms with van der Waals surface area (Å²) in [6, 6.07) is 10.3. The summed E-state index contributed by atoms with van der Waals surface area (Å²) in [5, 5.41) is 2.17. The molecule has 0 spiro atoms. The van der Waals surface area contributed by atoms with Gasteiger partial charge in [0.1, 0.15) is 12.0 Å². The average Bonchev–Trinajstić information content (AvgIpc) is 2.89. The van der Waals surface area contributed by atoms with E-state index in [4.69, 9.17) is 0 Å². The van der Waals surface area contributed by atoms with Gasteiger partial charge in [0.25, 0.3) is 0 Å². The molecule has 0 saturated heterocycles. The van der Waals surface area contributed by atoms with Gasteiger partial charge in [0.05, 0.1) is 5.52 Å². The first-order valence-corrected chi connectivity index (χ1v) is 6.46. The highest BCUT2D eigenvalue weighted by Crippen LogP contribution is 2.29. The summed E-state index contributed by atoms with van der Waals surface area (Å²) in [6.45, 7) is 1.99. The molecule has 4 nitrogen and oxygen atoms in total. The van der Waals surface area contributed by atoms with E-state index in [1.165, 1.54) is 0 Å². The fraction of sp³-hybridized carbons (Fsp3) is 0.0625. The SMILES string of the molecule is Cc1ccc2c(-c3ccc4ncncc4c3)c[nH]c2n1. The molecule has 1 aromatic carbocycles. The van der Waals surface area contributed by atoms with Crippen molar-refractivity contribution in [3.63, 3.8) is 0 Å². The molecule has 0 unspecified atom stereocenters. The van der Waals surface area contributed by atoms with Crippen LogP contribution in [0.25, 0.3) is 33.1 Å². The lowest BCUT2D eigenvalue weighted by Crippen LogP contribution is -1.83. The highest BCUT2D eigenvalue weighted by molar-refractivity contribution is 5.96. The third-order valence-corrected chi connectivity index (χ3v) is 3.49. The van der Waals surface area contributed by atoms with Crippen molar-refractivity contribution in [3.05, 3.63) is 54.7 Å². The summed E-state index contributed by atoms with van der Waals surface area (Å²) < 4.78 is 0. The normalized spacial score (nSPS) is 11.2. The molecule has 0 radical (unpaired) electrons. The fourth-order valence-electron chi connectivity index (χ4n) is 2.49. The number of benzene rings is 1. The number of fused-ring (bicyclic) bond motifs is 2. The molecule has 3 heterocycles. The molecule has 1 N–H and O–H groups in total. The summed E-state index contributed by atoms with van der Waals surface area (Å²) in [7, 11) is 0. The second kappa shape index (κ2) is 4.13. The van der Waals surface area contributed by atoms with Gasteiger partial charge in [-0.3, -0.25) is 0 Å². The lowest BCUT2D eigenvalue weighted by molar-refractivity contribution is 1.22. The molecule has 0 amide bonds. The van der Waals surface area contributed by atoms with Crippen LogP contribution in [0.4, 0.5) is 0 Å². The van der Waals surface area contributed by atoms with Gasteiger partial charge in [-0.15, -0.1) is 0 Å². The Hall–Kier alpha value is -2.75. The van der Waals surface area contributed by atoms with Gasteiger partial charge in [0.15, 0.2) is 0 Å². The summed E-state index contributed by atoms with van der Waals surface area (Å²) >= 11 is 0. The maximum atomic E-state index is 4.50. The second-order valence-electron chi connectivity index (χ2n) is 4.85. The van der Waals surface area contributed by atoms with Crippen molar-refractivity contribution in [1.29, 1.82) is 0 Å². The largest absolute Gasteiger partial charge is 0.346 e. The highest BCUT2D eigenvalue weighted by Gasteiger charge is 2.08. The molecule has 0 atom stereocenters. The van der Waals surface area contributed by atoms with Gasteiger partial charge >= 0.3 is 0 Å².